The maximum absolute atomic E-state index is 13.0. The van der Waals surface area contributed by atoms with Crippen LogP contribution in [0.5, 0.6) is 0 Å². The van der Waals surface area contributed by atoms with E-state index in [0.717, 1.165) is 18.5 Å². The minimum Gasteiger partial charge on any atom is -0.306 e. The summed E-state index contributed by atoms with van der Waals surface area (Å²) in [5, 5.41) is 5.64. The predicted octanol–water partition coefficient (Wildman–Crippen LogP) is 4.28. The molecule has 1 aromatic heterocycles. The van der Waals surface area contributed by atoms with Gasteiger partial charge in [0.2, 0.25) is 0 Å². The Morgan fingerprint density at radius 3 is 2.50 bits per heavy atom. The molecule has 2 aromatic rings. The first-order valence-electron chi connectivity index (χ1n) is 6.25. The molecular formula is C15H18FNS. The quantitative estimate of drug-likeness (QED) is 0.848. The molecule has 1 unspecified atom stereocenters. The molecule has 0 aliphatic carbocycles. The molecule has 0 aliphatic heterocycles. The molecule has 1 heterocycles. The lowest BCUT2D eigenvalue weighted by molar-refractivity contribution is 0.597. The number of nitrogens with one attached hydrogen (secondary N) is 1. The maximum atomic E-state index is 13.0. The van der Waals surface area contributed by atoms with Gasteiger partial charge in [0.25, 0.3) is 0 Å². The number of thiophene rings is 1. The molecule has 1 atom stereocenters. The standard InChI is InChI=1S/C15H18FNS/c1-3-9-17-14(15-11(2)8-10-18-15)12-4-6-13(16)7-5-12/h4-8,10,14,17H,3,9H2,1-2H3. The van der Waals surface area contributed by atoms with Crippen molar-refractivity contribution in [2.45, 2.75) is 26.3 Å². The van der Waals surface area contributed by atoms with Gasteiger partial charge in [-0.2, -0.15) is 0 Å². The molecule has 0 bridgehead atoms. The second-order valence-corrected chi connectivity index (χ2v) is 5.35. The number of hydrogen-bond acceptors (Lipinski definition) is 2. The summed E-state index contributed by atoms with van der Waals surface area (Å²) in [7, 11) is 0. The van der Waals surface area contributed by atoms with E-state index in [1.807, 2.05) is 12.1 Å². The lowest BCUT2D eigenvalue weighted by Crippen LogP contribution is -2.22. The van der Waals surface area contributed by atoms with Crippen LogP contribution < -0.4 is 5.32 Å². The molecule has 0 radical (unpaired) electrons. The highest BCUT2D eigenvalue weighted by Crippen LogP contribution is 2.29. The van der Waals surface area contributed by atoms with Gasteiger partial charge in [-0.15, -0.1) is 11.3 Å². The van der Waals surface area contributed by atoms with E-state index in [9.17, 15) is 4.39 Å². The first-order chi connectivity index (χ1) is 8.72. The van der Waals surface area contributed by atoms with E-state index in [-0.39, 0.29) is 11.9 Å². The Morgan fingerprint density at radius 2 is 1.94 bits per heavy atom. The monoisotopic (exact) mass is 263 g/mol. The topological polar surface area (TPSA) is 12.0 Å². The average Bonchev–Trinajstić information content (AvgIpc) is 2.78. The highest BCUT2D eigenvalue weighted by atomic mass is 32.1. The van der Waals surface area contributed by atoms with Crippen molar-refractivity contribution in [2.75, 3.05) is 6.54 Å². The van der Waals surface area contributed by atoms with E-state index >= 15 is 0 Å². The zero-order valence-corrected chi connectivity index (χ0v) is 11.6. The number of benzene rings is 1. The summed E-state index contributed by atoms with van der Waals surface area (Å²) in [5.41, 5.74) is 2.41. The van der Waals surface area contributed by atoms with Crippen molar-refractivity contribution in [3.05, 3.63) is 57.5 Å². The van der Waals surface area contributed by atoms with E-state index in [2.05, 4.69) is 30.6 Å². The third kappa shape index (κ3) is 2.98. The largest absolute Gasteiger partial charge is 0.306 e. The minimum absolute atomic E-state index is 0.172. The van der Waals surface area contributed by atoms with Crippen LogP contribution >= 0.6 is 11.3 Å². The Kier molecular flexibility index (Phi) is 4.50. The zero-order valence-electron chi connectivity index (χ0n) is 10.7. The number of halogens is 1. The van der Waals surface area contributed by atoms with Gasteiger partial charge < -0.3 is 5.32 Å². The van der Waals surface area contributed by atoms with Crippen LogP contribution in [0.3, 0.4) is 0 Å². The molecular weight excluding hydrogens is 245 g/mol. The SMILES string of the molecule is CCCNC(c1ccc(F)cc1)c1sccc1C. The van der Waals surface area contributed by atoms with Gasteiger partial charge in [0.1, 0.15) is 5.82 Å². The second-order valence-electron chi connectivity index (χ2n) is 4.41. The van der Waals surface area contributed by atoms with Gasteiger partial charge in [-0.1, -0.05) is 19.1 Å². The number of aryl methyl sites for hydroxylation is 1. The highest BCUT2D eigenvalue weighted by Gasteiger charge is 2.16. The van der Waals surface area contributed by atoms with E-state index in [1.165, 1.54) is 22.6 Å². The molecule has 0 fully saturated rings. The third-order valence-electron chi connectivity index (χ3n) is 2.97. The van der Waals surface area contributed by atoms with Crippen molar-refractivity contribution in [3.8, 4) is 0 Å². The van der Waals surface area contributed by atoms with Crippen molar-refractivity contribution < 1.29 is 4.39 Å². The fraction of sp³-hybridized carbons (Fsp3) is 0.333. The average molecular weight is 263 g/mol. The Balaban J connectivity index is 2.30. The number of rotatable bonds is 5. The van der Waals surface area contributed by atoms with Crippen molar-refractivity contribution in [1.82, 2.24) is 5.32 Å². The molecule has 0 amide bonds. The summed E-state index contributed by atoms with van der Waals surface area (Å²) < 4.78 is 13.0. The van der Waals surface area contributed by atoms with Gasteiger partial charge in [0.15, 0.2) is 0 Å². The second kappa shape index (κ2) is 6.12. The Morgan fingerprint density at radius 1 is 1.22 bits per heavy atom. The summed E-state index contributed by atoms with van der Waals surface area (Å²) in [6.07, 6.45) is 1.09. The van der Waals surface area contributed by atoms with Crippen molar-refractivity contribution in [2.24, 2.45) is 0 Å². The highest BCUT2D eigenvalue weighted by molar-refractivity contribution is 7.10. The summed E-state index contributed by atoms with van der Waals surface area (Å²) in [6.45, 7) is 5.23. The summed E-state index contributed by atoms with van der Waals surface area (Å²) >= 11 is 1.75. The smallest absolute Gasteiger partial charge is 0.123 e. The van der Waals surface area contributed by atoms with Gasteiger partial charge in [-0.3, -0.25) is 0 Å². The van der Waals surface area contributed by atoms with E-state index < -0.39 is 0 Å². The van der Waals surface area contributed by atoms with Gasteiger partial charge >= 0.3 is 0 Å². The molecule has 0 saturated carbocycles. The molecule has 1 nitrogen and oxygen atoms in total. The summed E-state index contributed by atoms with van der Waals surface area (Å²) in [5.74, 6) is -0.184. The first-order valence-corrected chi connectivity index (χ1v) is 7.13. The van der Waals surface area contributed by atoms with Crippen LogP contribution in [0.1, 0.15) is 35.4 Å². The lowest BCUT2D eigenvalue weighted by atomic mass is 10.0. The molecule has 0 saturated heterocycles. The first kappa shape index (κ1) is 13.2. The van der Waals surface area contributed by atoms with Gasteiger partial charge in [-0.25, -0.2) is 4.39 Å². The van der Waals surface area contributed by atoms with Gasteiger partial charge in [0.05, 0.1) is 6.04 Å². The Hall–Kier alpha value is -1.19. The summed E-state index contributed by atoms with van der Waals surface area (Å²) in [4.78, 5) is 1.31. The van der Waals surface area contributed by atoms with Crippen LogP contribution in [0.4, 0.5) is 4.39 Å². The Bertz CT molecular complexity index is 489. The third-order valence-corrected chi connectivity index (χ3v) is 4.05. The molecule has 18 heavy (non-hydrogen) atoms. The summed E-state index contributed by atoms with van der Waals surface area (Å²) in [6, 6.07) is 9.08. The van der Waals surface area contributed by atoms with Crippen LogP contribution in [0.15, 0.2) is 35.7 Å². The minimum atomic E-state index is -0.184. The molecule has 2 rings (SSSR count). The van der Waals surface area contributed by atoms with Crippen LogP contribution in [0, 0.1) is 12.7 Å². The molecule has 0 spiro atoms. The fourth-order valence-electron chi connectivity index (χ4n) is 1.99. The van der Waals surface area contributed by atoms with E-state index in [0.29, 0.717) is 0 Å². The van der Waals surface area contributed by atoms with Crippen LogP contribution in [-0.4, -0.2) is 6.54 Å². The van der Waals surface area contributed by atoms with Crippen molar-refractivity contribution in [3.63, 3.8) is 0 Å². The van der Waals surface area contributed by atoms with Crippen LogP contribution in [0.2, 0.25) is 0 Å². The lowest BCUT2D eigenvalue weighted by Gasteiger charge is -2.19. The molecule has 1 aromatic carbocycles. The molecule has 3 heteroatoms. The zero-order chi connectivity index (χ0) is 13.0. The van der Waals surface area contributed by atoms with Gasteiger partial charge in [0, 0.05) is 4.88 Å². The number of hydrogen-bond donors (Lipinski definition) is 1. The van der Waals surface area contributed by atoms with Crippen molar-refractivity contribution in [1.29, 1.82) is 0 Å². The van der Waals surface area contributed by atoms with Crippen LogP contribution in [0.25, 0.3) is 0 Å². The Labute approximate surface area is 112 Å². The maximum Gasteiger partial charge on any atom is 0.123 e. The van der Waals surface area contributed by atoms with Crippen LogP contribution in [-0.2, 0) is 0 Å². The van der Waals surface area contributed by atoms with E-state index in [4.69, 9.17) is 0 Å². The van der Waals surface area contributed by atoms with E-state index in [1.54, 1.807) is 11.3 Å². The van der Waals surface area contributed by atoms with Crippen molar-refractivity contribution >= 4 is 11.3 Å². The van der Waals surface area contributed by atoms with Gasteiger partial charge in [-0.05, 0) is 54.6 Å². The fourth-order valence-corrected chi connectivity index (χ4v) is 3.01. The molecule has 1 N–H and O–H groups in total. The predicted molar refractivity (Wildman–Crippen MR) is 75.6 cm³/mol. The molecule has 0 aliphatic rings. The normalized spacial score (nSPS) is 12.6. The molecule has 96 valence electrons.